The van der Waals surface area contributed by atoms with Gasteiger partial charge in [0, 0.05) is 5.56 Å². The number of hydrogen-bond donors (Lipinski definition) is 1. The van der Waals surface area contributed by atoms with Crippen molar-refractivity contribution in [1.29, 1.82) is 0 Å². The second-order valence-corrected chi connectivity index (χ2v) is 7.90. The molecule has 136 valence electrons. The number of aromatic nitrogens is 4. The number of carbonyl (C=O) groups is 2. The summed E-state index contributed by atoms with van der Waals surface area (Å²) in [5.41, 5.74) is 1.46. The Kier molecular flexibility index (Phi) is 5.64. The van der Waals surface area contributed by atoms with Crippen LogP contribution in [0.1, 0.15) is 21.1 Å². The maximum Gasteiger partial charge on any atom is 0.348 e. The molecule has 0 amide bonds. The van der Waals surface area contributed by atoms with E-state index < -0.39 is 17.5 Å². The fraction of sp³-hybridized carbons (Fsp3) is 0.286. The van der Waals surface area contributed by atoms with Crippen molar-refractivity contribution in [3.8, 4) is 0 Å². The van der Waals surface area contributed by atoms with Crippen LogP contribution in [0.2, 0.25) is 0 Å². The summed E-state index contributed by atoms with van der Waals surface area (Å²) in [4.78, 5) is 43.9. The Morgan fingerprint density at radius 3 is 2.77 bits per heavy atom. The second-order valence-electron chi connectivity index (χ2n) is 4.84. The third-order valence-corrected chi connectivity index (χ3v) is 6.28. The van der Waals surface area contributed by atoms with Crippen molar-refractivity contribution in [1.82, 2.24) is 20.2 Å². The lowest BCUT2D eigenvalue weighted by atomic mass is 10.1. The highest BCUT2D eigenvalue weighted by Gasteiger charge is 2.24. The zero-order valence-corrected chi connectivity index (χ0v) is 16.0. The van der Waals surface area contributed by atoms with Gasteiger partial charge in [0.15, 0.2) is 4.34 Å². The first-order valence-electron chi connectivity index (χ1n) is 7.12. The van der Waals surface area contributed by atoms with E-state index in [1.807, 2.05) is 0 Å². The summed E-state index contributed by atoms with van der Waals surface area (Å²) in [5, 5.41) is 7.86. The number of thioether (sulfide) groups is 1. The van der Waals surface area contributed by atoms with Crippen molar-refractivity contribution in [2.45, 2.75) is 16.5 Å². The van der Waals surface area contributed by atoms with Gasteiger partial charge in [-0.1, -0.05) is 23.1 Å². The van der Waals surface area contributed by atoms with Crippen LogP contribution < -0.4 is 5.56 Å². The number of esters is 2. The Morgan fingerprint density at radius 1 is 1.31 bits per heavy atom. The average Bonchev–Trinajstić information content (AvgIpc) is 3.27. The molecule has 3 aromatic rings. The lowest BCUT2D eigenvalue weighted by Gasteiger charge is -2.02. The molecule has 0 aromatic carbocycles. The number of hydrogen-bond acceptors (Lipinski definition) is 11. The van der Waals surface area contributed by atoms with Crippen LogP contribution in [0.4, 0.5) is 0 Å². The van der Waals surface area contributed by atoms with Gasteiger partial charge in [0.2, 0.25) is 0 Å². The van der Waals surface area contributed by atoms with Gasteiger partial charge in [-0.3, -0.25) is 9.59 Å². The fourth-order valence-electron chi connectivity index (χ4n) is 2.18. The molecule has 1 N–H and O–H groups in total. The van der Waals surface area contributed by atoms with Gasteiger partial charge in [-0.2, -0.15) is 0 Å². The molecule has 12 heteroatoms. The molecule has 3 rings (SSSR count). The van der Waals surface area contributed by atoms with Gasteiger partial charge in [-0.15, -0.1) is 21.5 Å². The molecule has 0 aliphatic heterocycles. The van der Waals surface area contributed by atoms with Crippen molar-refractivity contribution in [2.24, 2.45) is 0 Å². The first kappa shape index (κ1) is 18.5. The standard InChI is InChI=1S/C14H12N4O5S3/c1-22-8(19)3-6-9-11(20)16-7(4-24-14-18-15-5-25-14)17-12(9)26-10(6)13(21)23-2/h5H,3-4H2,1-2H3,(H,16,17,20). The molecular formula is C14H12N4O5S3. The predicted molar refractivity (Wildman–Crippen MR) is 96.8 cm³/mol. The average molecular weight is 412 g/mol. The molecule has 0 bridgehead atoms. The number of H-pyrrole nitrogens is 1. The van der Waals surface area contributed by atoms with E-state index in [1.54, 1.807) is 5.51 Å². The number of methoxy groups -OCH3 is 2. The monoisotopic (exact) mass is 412 g/mol. The Bertz CT molecular complexity index is 1010. The van der Waals surface area contributed by atoms with Crippen LogP contribution in [0.25, 0.3) is 10.2 Å². The Balaban J connectivity index is 2.03. The molecule has 9 nitrogen and oxygen atoms in total. The first-order chi connectivity index (χ1) is 12.5. The van der Waals surface area contributed by atoms with Gasteiger partial charge in [0.25, 0.3) is 5.56 Å². The molecule has 0 aliphatic rings. The van der Waals surface area contributed by atoms with Crippen molar-refractivity contribution >= 4 is 56.6 Å². The number of carbonyl (C=O) groups excluding carboxylic acids is 2. The van der Waals surface area contributed by atoms with Gasteiger partial charge in [0.1, 0.15) is 21.0 Å². The maximum absolute atomic E-state index is 12.5. The number of rotatable bonds is 6. The molecule has 0 spiro atoms. The second kappa shape index (κ2) is 7.93. The van der Waals surface area contributed by atoms with Gasteiger partial charge in [-0.25, -0.2) is 9.78 Å². The molecule has 3 aromatic heterocycles. The van der Waals surface area contributed by atoms with Crippen LogP contribution in [-0.4, -0.2) is 46.3 Å². The third-order valence-electron chi connectivity index (χ3n) is 3.30. The van der Waals surface area contributed by atoms with Gasteiger partial charge in [0.05, 0.1) is 31.8 Å². The number of aromatic amines is 1. The van der Waals surface area contributed by atoms with Crippen molar-refractivity contribution in [2.75, 3.05) is 14.2 Å². The SMILES string of the molecule is COC(=O)Cc1c(C(=O)OC)sc2nc(CSc3nncs3)[nH]c(=O)c12. The molecule has 3 heterocycles. The van der Waals surface area contributed by atoms with Gasteiger partial charge in [-0.05, 0) is 0 Å². The van der Waals surface area contributed by atoms with Crippen LogP contribution in [0, 0.1) is 0 Å². The summed E-state index contributed by atoms with van der Waals surface area (Å²) >= 11 is 3.78. The largest absolute Gasteiger partial charge is 0.469 e. The molecule has 0 atom stereocenters. The molecule has 0 saturated heterocycles. The number of ether oxygens (including phenoxy) is 2. The summed E-state index contributed by atoms with van der Waals surface area (Å²) < 4.78 is 10.2. The van der Waals surface area contributed by atoms with Crippen molar-refractivity contribution < 1.29 is 19.1 Å². The minimum Gasteiger partial charge on any atom is -0.469 e. The topological polar surface area (TPSA) is 124 Å². The van der Waals surface area contributed by atoms with E-state index in [9.17, 15) is 14.4 Å². The number of nitrogens with zero attached hydrogens (tertiary/aromatic N) is 3. The molecular weight excluding hydrogens is 400 g/mol. The van der Waals surface area contributed by atoms with Gasteiger partial charge >= 0.3 is 11.9 Å². The summed E-state index contributed by atoms with van der Waals surface area (Å²) in [7, 11) is 2.47. The molecule has 0 radical (unpaired) electrons. The van der Waals surface area contributed by atoms with Crippen LogP contribution in [0.15, 0.2) is 14.6 Å². The summed E-state index contributed by atoms with van der Waals surface area (Å²) in [5.74, 6) is -0.371. The Morgan fingerprint density at radius 2 is 2.12 bits per heavy atom. The lowest BCUT2D eigenvalue weighted by Crippen LogP contribution is -2.15. The summed E-state index contributed by atoms with van der Waals surface area (Å²) in [6.45, 7) is 0. The minimum atomic E-state index is -0.629. The molecule has 0 unspecified atom stereocenters. The lowest BCUT2D eigenvalue weighted by molar-refractivity contribution is -0.139. The van der Waals surface area contributed by atoms with Crippen molar-refractivity contribution in [3.05, 3.63) is 32.1 Å². The maximum atomic E-state index is 12.5. The molecule has 0 saturated carbocycles. The van der Waals surface area contributed by atoms with Crippen LogP contribution in [0.3, 0.4) is 0 Å². The Hall–Kier alpha value is -2.31. The Labute approximate surface area is 158 Å². The molecule has 0 aliphatic carbocycles. The minimum absolute atomic E-state index is 0.167. The van der Waals surface area contributed by atoms with Gasteiger partial charge < -0.3 is 14.5 Å². The number of nitrogens with one attached hydrogen (secondary N) is 1. The summed E-state index contributed by atoms with van der Waals surface area (Å²) in [6, 6.07) is 0. The normalized spacial score (nSPS) is 10.8. The van der Waals surface area contributed by atoms with Crippen molar-refractivity contribution in [3.63, 3.8) is 0 Å². The van der Waals surface area contributed by atoms with E-state index in [0.29, 0.717) is 16.4 Å². The zero-order valence-electron chi connectivity index (χ0n) is 13.6. The zero-order chi connectivity index (χ0) is 18.7. The summed E-state index contributed by atoms with van der Waals surface area (Å²) in [6.07, 6.45) is -0.218. The molecule has 26 heavy (non-hydrogen) atoms. The highest BCUT2D eigenvalue weighted by atomic mass is 32.2. The number of fused-ring (bicyclic) bond motifs is 1. The van der Waals surface area contributed by atoms with Crippen LogP contribution in [0.5, 0.6) is 0 Å². The van der Waals surface area contributed by atoms with Crippen LogP contribution >= 0.6 is 34.4 Å². The van der Waals surface area contributed by atoms with Crippen LogP contribution in [-0.2, 0) is 26.4 Å². The fourth-order valence-corrected chi connectivity index (χ4v) is 4.67. The highest BCUT2D eigenvalue weighted by Crippen LogP contribution is 2.30. The predicted octanol–water partition coefficient (Wildman–Crippen LogP) is 1.63. The van der Waals surface area contributed by atoms with E-state index in [4.69, 9.17) is 4.74 Å². The third kappa shape index (κ3) is 3.76. The quantitative estimate of drug-likeness (QED) is 0.475. The van der Waals surface area contributed by atoms with E-state index in [0.717, 1.165) is 15.7 Å². The van der Waals surface area contributed by atoms with E-state index in [2.05, 4.69) is 24.9 Å². The first-order valence-corrected chi connectivity index (χ1v) is 9.80. The van der Waals surface area contributed by atoms with E-state index in [-0.39, 0.29) is 22.2 Å². The highest BCUT2D eigenvalue weighted by molar-refractivity contribution is 8.00. The van der Waals surface area contributed by atoms with E-state index in [1.165, 1.54) is 37.3 Å². The smallest absolute Gasteiger partial charge is 0.348 e. The molecule has 0 fully saturated rings. The van der Waals surface area contributed by atoms with E-state index >= 15 is 0 Å². The number of thiophene rings is 1.